The first-order chi connectivity index (χ1) is 11.7. The van der Waals surface area contributed by atoms with E-state index in [9.17, 15) is 4.79 Å². The van der Waals surface area contributed by atoms with Crippen LogP contribution < -0.4 is 15.4 Å². The van der Waals surface area contributed by atoms with Crippen LogP contribution in [0.15, 0.2) is 43.0 Å². The van der Waals surface area contributed by atoms with E-state index in [1.165, 1.54) is 0 Å². The Balaban J connectivity index is 1.53. The fourth-order valence-electron chi connectivity index (χ4n) is 2.24. The van der Waals surface area contributed by atoms with Crippen molar-refractivity contribution in [1.82, 2.24) is 14.4 Å². The second kappa shape index (κ2) is 7.18. The number of carbonyl (C=O) groups excluding carboxylic acids is 1. The number of benzene rings is 1. The zero-order valence-corrected chi connectivity index (χ0v) is 13.7. The molecule has 124 valence electrons. The van der Waals surface area contributed by atoms with Gasteiger partial charge in [0.25, 0.3) is 0 Å². The van der Waals surface area contributed by atoms with Crippen molar-refractivity contribution in [3.63, 3.8) is 0 Å². The highest BCUT2D eigenvalue weighted by Gasteiger charge is 2.07. The highest BCUT2D eigenvalue weighted by Crippen LogP contribution is 2.27. The third-order valence-corrected chi connectivity index (χ3v) is 3.71. The summed E-state index contributed by atoms with van der Waals surface area (Å²) < 4.78 is 6.95. The second-order valence-corrected chi connectivity index (χ2v) is 5.43. The van der Waals surface area contributed by atoms with Gasteiger partial charge in [0.2, 0.25) is 5.91 Å². The maximum atomic E-state index is 12.0. The molecule has 0 radical (unpaired) electrons. The number of ether oxygens (including phenoxy) is 1. The highest BCUT2D eigenvalue weighted by molar-refractivity contribution is 6.32. The molecule has 0 aliphatic heterocycles. The zero-order chi connectivity index (χ0) is 16.9. The fraction of sp³-hybridized carbons (Fsp3) is 0.188. The van der Waals surface area contributed by atoms with Crippen LogP contribution >= 0.6 is 11.6 Å². The number of imidazole rings is 1. The van der Waals surface area contributed by atoms with Crippen LogP contribution in [0.3, 0.4) is 0 Å². The number of nitrogens with one attached hydrogen (secondary N) is 2. The lowest BCUT2D eigenvalue weighted by atomic mass is 10.3. The predicted molar refractivity (Wildman–Crippen MR) is 92.7 cm³/mol. The van der Waals surface area contributed by atoms with E-state index >= 15 is 0 Å². The van der Waals surface area contributed by atoms with Crippen LogP contribution in [-0.2, 0) is 4.79 Å². The van der Waals surface area contributed by atoms with E-state index in [1.54, 1.807) is 43.9 Å². The van der Waals surface area contributed by atoms with Crippen LogP contribution in [0.4, 0.5) is 11.5 Å². The second-order valence-electron chi connectivity index (χ2n) is 5.02. The normalized spacial score (nSPS) is 10.6. The minimum atomic E-state index is -0.112. The van der Waals surface area contributed by atoms with Crippen molar-refractivity contribution < 1.29 is 9.53 Å². The van der Waals surface area contributed by atoms with Crippen LogP contribution in [0.2, 0.25) is 5.02 Å². The van der Waals surface area contributed by atoms with Gasteiger partial charge >= 0.3 is 0 Å². The highest BCUT2D eigenvalue weighted by atomic mass is 35.5. The lowest BCUT2D eigenvalue weighted by Gasteiger charge is -2.09. The molecule has 1 amide bonds. The molecule has 0 aliphatic carbocycles. The van der Waals surface area contributed by atoms with Crippen molar-refractivity contribution in [1.29, 1.82) is 0 Å². The quantitative estimate of drug-likeness (QED) is 0.718. The van der Waals surface area contributed by atoms with Gasteiger partial charge in [-0.2, -0.15) is 0 Å². The molecule has 0 unspecified atom stereocenters. The van der Waals surface area contributed by atoms with Gasteiger partial charge in [-0.15, -0.1) is 0 Å². The Bertz CT molecular complexity index is 865. The number of rotatable bonds is 6. The molecule has 2 N–H and O–H groups in total. The molecule has 0 bridgehead atoms. The number of fused-ring (bicyclic) bond motifs is 1. The van der Waals surface area contributed by atoms with Gasteiger partial charge in [-0.25, -0.2) is 4.98 Å². The van der Waals surface area contributed by atoms with Gasteiger partial charge in [0.05, 0.1) is 24.5 Å². The number of aromatic nitrogens is 3. The Morgan fingerprint density at radius 1 is 1.38 bits per heavy atom. The maximum Gasteiger partial charge on any atom is 0.226 e. The maximum absolute atomic E-state index is 12.0. The number of anilines is 2. The van der Waals surface area contributed by atoms with Gasteiger partial charge in [0, 0.05) is 31.0 Å². The number of halogens is 1. The molecule has 3 rings (SSSR count). The lowest BCUT2D eigenvalue weighted by Crippen LogP contribution is -2.16. The van der Waals surface area contributed by atoms with E-state index in [-0.39, 0.29) is 5.91 Å². The summed E-state index contributed by atoms with van der Waals surface area (Å²) in [5, 5.41) is 6.43. The van der Waals surface area contributed by atoms with Gasteiger partial charge in [-0.1, -0.05) is 11.6 Å². The molecule has 0 spiro atoms. The van der Waals surface area contributed by atoms with Crippen molar-refractivity contribution in [2.24, 2.45) is 0 Å². The molecular formula is C16H16ClN5O2. The molecule has 0 aliphatic rings. The third kappa shape index (κ3) is 3.57. The minimum Gasteiger partial charge on any atom is -0.495 e. The van der Waals surface area contributed by atoms with E-state index in [2.05, 4.69) is 20.6 Å². The molecule has 2 aromatic heterocycles. The molecule has 1 aromatic carbocycles. The average molecular weight is 346 g/mol. The largest absolute Gasteiger partial charge is 0.495 e. The van der Waals surface area contributed by atoms with Crippen LogP contribution in [-0.4, -0.2) is 33.9 Å². The van der Waals surface area contributed by atoms with Crippen LogP contribution in [0.25, 0.3) is 5.65 Å². The Labute approximate surface area is 143 Å². The third-order valence-electron chi connectivity index (χ3n) is 3.41. The van der Waals surface area contributed by atoms with Gasteiger partial charge in [-0.3, -0.25) is 14.2 Å². The summed E-state index contributed by atoms with van der Waals surface area (Å²) in [6.07, 6.45) is 7.18. The van der Waals surface area contributed by atoms with E-state index in [1.807, 2.05) is 10.6 Å². The monoisotopic (exact) mass is 345 g/mol. The van der Waals surface area contributed by atoms with Crippen LogP contribution in [0.1, 0.15) is 6.42 Å². The standard InChI is InChI=1S/C16H16ClN5O2/c1-24-13-3-2-11(8-12(13)17)21-16(23)4-5-19-15-10-20-14-9-18-6-7-22(14)15/h2-3,6-10,19H,4-5H2,1H3,(H,21,23). The molecule has 2 heterocycles. The van der Waals surface area contributed by atoms with Gasteiger partial charge in [-0.05, 0) is 18.2 Å². The number of hydrogen-bond acceptors (Lipinski definition) is 5. The van der Waals surface area contributed by atoms with Crippen molar-refractivity contribution in [2.45, 2.75) is 6.42 Å². The van der Waals surface area contributed by atoms with E-state index in [0.29, 0.717) is 29.4 Å². The Morgan fingerprint density at radius 3 is 3.04 bits per heavy atom. The molecule has 0 saturated heterocycles. The van der Waals surface area contributed by atoms with Gasteiger partial charge in [0.1, 0.15) is 11.6 Å². The van der Waals surface area contributed by atoms with Crippen molar-refractivity contribution in [3.05, 3.63) is 48.0 Å². The number of carbonyl (C=O) groups is 1. The Morgan fingerprint density at radius 2 is 2.25 bits per heavy atom. The number of methoxy groups -OCH3 is 1. The summed E-state index contributed by atoms with van der Waals surface area (Å²) in [6, 6.07) is 5.11. The topological polar surface area (TPSA) is 80.5 Å². The minimum absolute atomic E-state index is 0.112. The average Bonchev–Trinajstić information content (AvgIpc) is 2.98. The van der Waals surface area contributed by atoms with Crippen LogP contribution in [0.5, 0.6) is 5.75 Å². The zero-order valence-electron chi connectivity index (χ0n) is 13.0. The van der Waals surface area contributed by atoms with Gasteiger partial charge in [0.15, 0.2) is 5.65 Å². The molecular weight excluding hydrogens is 330 g/mol. The first-order valence-corrected chi connectivity index (χ1v) is 7.69. The summed E-state index contributed by atoms with van der Waals surface area (Å²) >= 11 is 6.04. The fourth-order valence-corrected chi connectivity index (χ4v) is 2.50. The number of hydrogen-bond donors (Lipinski definition) is 2. The summed E-state index contributed by atoms with van der Waals surface area (Å²) in [5.41, 5.74) is 1.38. The summed E-state index contributed by atoms with van der Waals surface area (Å²) in [5.74, 6) is 1.27. The first-order valence-electron chi connectivity index (χ1n) is 7.31. The predicted octanol–water partition coefficient (Wildman–Crippen LogP) is 2.83. The smallest absolute Gasteiger partial charge is 0.226 e. The Hall–Kier alpha value is -2.80. The molecule has 0 atom stereocenters. The van der Waals surface area contributed by atoms with Gasteiger partial charge < -0.3 is 15.4 Å². The van der Waals surface area contributed by atoms with Crippen LogP contribution in [0, 0.1) is 0 Å². The summed E-state index contributed by atoms with van der Waals surface area (Å²) in [6.45, 7) is 0.478. The SMILES string of the molecule is COc1ccc(NC(=O)CCNc2cnc3cnccn23)cc1Cl. The van der Waals surface area contributed by atoms with Crippen molar-refractivity contribution in [2.75, 3.05) is 24.3 Å². The summed E-state index contributed by atoms with van der Waals surface area (Å²) in [4.78, 5) is 20.2. The van der Waals surface area contributed by atoms with Crippen molar-refractivity contribution >= 4 is 34.7 Å². The molecule has 3 aromatic rings. The molecule has 0 saturated carbocycles. The van der Waals surface area contributed by atoms with Crippen molar-refractivity contribution in [3.8, 4) is 5.75 Å². The van der Waals surface area contributed by atoms with E-state index in [0.717, 1.165) is 11.5 Å². The molecule has 8 heteroatoms. The molecule has 0 fully saturated rings. The number of nitrogens with zero attached hydrogens (tertiary/aromatic N) is 3. The van der Waals surface area contributed by atoms with E-state index < -0.39 is 0 Å². The number of amides is 1. The van der Waals surface area contributed by atoms with E-state index in [4.69, 9.17) is 16.3 Å². The lowest BCUT2D eigenvalue weighted by molar-refractivity contribution is -0.115. The summed E-state index contributed by atoms with van der Waals surface area (Å²) in [7, 11) is 1.54. The first kappa shape index (κ1) is 16.1. The Kier molecular flexibility index (Phi) is 4.81. The molecule has 7 nitrogen and oxygen atoms in total. The molecule has 24 heavy (non-hydrogen) atoms.